The minimum absolute atomic E-state index is 0.247. The Bertz CT molecular complexity index is 778. The number of oxazole rings is 1. The number of halogens is 1. The van der Waals surface area contributed by atoms with E-state index in [0.717, 1.165) is 25.1 Å². The van der Waals surface area contributed by atoms with Crippen molar-refractivity contribution in [3.63, 3.8) is 0 Å². The Hall–Kier alpha value is -1.98. The molecule has 0 radical (unpaired) electrons. The number of aromatic nitrogens is 1. The molecule has 1 aromatic carbocycles. The Balaban J connectivity index is 1.47. The molecule has 0 atom stereocenters. The first-order valence-electron chi connectivity index (χ1n) is 7.26. The summed E-state index contributed by atoms with van der Waals surface area (Å²) >= 11 is 1.84. The molecule has 1 aliphatic rings. The molecule has 0 N–H and O–H groups in total. The molecular weight excluding hydrogens is 299 g/mol. The van der Waals surface area contributed by atoms with Gasteiger partial charge >= 0.3 is 0 Å². The molecule has 3 aromatic rings. The maximum atomic E-state index is 13.0. The zero-order chi connectivity index (χ0) is 14.9. The molecule has 3 heterocycles. The van der Waals surface area contributed by atoms with Crippen LogP contribution in [-0.4, -0.2) is 16.4 Å². The quantitative estimate of drug-likeness (QED) is 0.729. The minimum Gasteiger partial charge on any atom is -0.439 e. The highest BCUT2D eigenvalue weighted by molar-refractivity contribution is 7.10. The summed E-state index contributed by atoms with van der Waals surface area (Å²) in [7, 11) is 0. The third kappa shape index (κ3) is 2.69. The van der Waals surface area contributed by atoms with Gasteiger partial charge in [-0.15, -0.1) is 11.3 Å². The van der Waals surface area contributed by atoms with Gasteiger partial charge in [-0.1, -0.05) is 0 Å². The molecule has 112 valence electrons. The van der Waals surface area contributed by atoms with E-state index >= 15 is 0 Å². The van der Waals surface area contributed by atoms with E-state index in [4.69, 9.17) is 4.42 Å². The van der Waals surface area contributed by atoms with E-state index in [0.29, 0.717) is 18.2 Å². The Kier molecular flexibility index (Phi) is 3.52. The van der Waals surface area contributed by atoms with Gasteiger partial charge in [-0.05, 0) is 47.7 Å². The van der Waals surface area contributed by atoms with E-state index in [1.807, 2.05) is 11.3 Å². The third-order valence-corrected chi connectivity index (χ3v) is 4.95. The van der Waals surface area contributed by atoms with Crippen molar-refractivity contribution < 1.29 is 8.81 Å². The first-order chi connectivity index (χ1) is 10.8. The molecule has 0 amide bonds. The van der Waals surface area contributed by atoms with E-state index in [9.17, 15) is 4.39 Å². The third-order valence-electron chi connectivity index (χ3n) is 3.93. The largest absolute Gasteiger partial charge is 0.439 e. The second-order valence-corrected chi connectivity index (χ2v) is 6.46. The molecule has 2 aromatic heterocycles. The number of benzene rings is 1. The number of thiophene rings is 1. The average Bonchev–Trinajstić information content (AvgIpc) is 3.17. The highest BCUT2D eigenvalue weighted by Crippen LogP contribution is 2.26. The minimum atomic E-state index is -0.247. The van der Waals surface area contributed by atoms with Crippen LogP contribution in [0.1, 0.15) is 16.3 Å². The van der Waals surface area contributed by atoms with Crippen molar-refractivity contribution in [2.45, 2.75) is 19.5 Å². The molecule has 0 aliphatic carbocycles. The van der Waals surface area contributed by atoms with Gasteiger partial charge in [0, 0.05) is 23.5 Å². The van der Waals surface area contributed by atoms with E-state index in [1.165, 1.54) is 22.6 Å². The molecule has 22 heavy (non-hydrogen) atoms. The first-order valence-corrected chi connectivity index (χ1v) is 8.14. The lowest BCUT2D eigenvalue weighted by Crippen LogP contribution is -2.29. The highest BCUT2D eigenvalue weighted by Gasteiger charge is 2.19. The summed E-state index contributed by atoms with van der Waals surface area (Å²) in [5, 5.41) is 2.16. The molecule has 4 rings (SSSR count). The van der Waals surface area contributed by atoms with Crippen molar-refractivity contribution in [2.24, 2.45) is 0 Å². The molecular formula is C17H15FN2OS. The van der Waals surface area contributed by atoms with Gasteiger partial charge in [0.05, 0.1) is 12.7 Å². The maximum absolute atomic E-state index is 13.0. The monoisotopic (exact) mass is 314 g/mol. The molecule has 0 bridgehead atoms. The zero-order valence-corrected chi connectivity index (χ0v) is 12.8. The van der Waals surface area contributed by atoms with E-state index in [1.54, 1.807) is 18.3 Å². The number of hydrogen-bond donors (Lipinski definition) is 0. The fraction of sp³-hybridized carbons (Fsp3) is 0.235. The smallest absolute Gasteiger partial charge is 0.209 e. The Morgan fingerprint density at radius 1 is 1.23 bits per heavy atom. The van der Waals surface area contributed by atoms with Gasteiger partial charge in [-0.3, -0.25) is 4.90 Å². The van der Waals surface area contributed by atoms with E-state index < -0.39 is 0 Å². The lowest BCUT2D eigenvalue weighted by molar-refractivity contribution is 0.223. The van der Waals surface area contributed by atoms with Crippen LogP contribution in [0.25, 0.3) is 11.3 Å². The predicted octanol–water partition coefficient (Wildman–Crippen LogP) is 4.10. The van der Waals surface area contributed by atoms with Gasteiger partial charge in [0.15, 0.2) is 5.76 Å². The van der Waals surface area contributed by atoms with Crippen LogP contribution in [0.3, 0.4) is 0 Å². The molecule has 0 saturated heterocycles. The van der Waals surface area contributed by atoms with E-state index in [2.05, 4.69) is 21.3 Å². The molecule has 0 fully saturated rings. The van der Waals surface area contributed by atoms with Crippen LogP contribution < -0.4 is 0 Å². The van der Waals surface area contributed by atoms with Crippen molar-refractivity contribution in [3.8, 4) is 11.3 Å². The number of hydrogen-bond acceptors (Lipinski definition) is 4. The lowest BCUT2D eigenvalue weighted by Gasteiger charge is -2.25. The lowest BCUT2D eigenvalue weighted by atomic mass is 10.1. The van der Waals surface area contributed by atoms with Gasteiger partial charge in [0.1, 0.15) is 5.82 Å². The fourth-order valence-corrected chi connectivity index (χ4v) is 3.65. The number of nitrogens with zero attached hydrogens (tertiary/aromatic N) is 2. The summed E-state index contributed by atoms with van der Waals surface area (Å²) in [5.41, 5.74) is 2.26. The summed E-state index contributed by atoms with van der Waals surface area (Å²) < 4.78 is 18.8. The summed E-state index contributed by atoms with van der Waals surface area (Å²) in [6.45, 7) is 2.69. The number of rotatable bonds is 3. The van der Waals surface area contributed by atoms with Crippen molar-refractivity contribution in [1.29, 1.82) is 0 Å². The average molecular weight is 314 g/mol. The summed E-state index contributed by atoms with van der Waals surface area (Å²) in [4.78, 5) is 8.19. The second-order valence-electron chi connectivity index (χ2n) is 5.45. The topological polar surface area (TPSA) is 29.3 Å². The fourth-order valence-electron chi connectivity index (χ4n) is 2.76. The van der Waals surface area contributed by atoms with Crippen LogP contribution >= 0.6 is 11.3 Å². The van der Waals surface area contributed by atoms with Crippen molar-refractivity contribution in [3.05, 3.63) is 64.1 Å². The summed E-state index contributed by atoms with van der Waals surface area (Å²) in [6.07, 6.45) is 2.81. The molecule has 3 nitrogen and oxygen atoms in total. The molecule has 1 aliphatic heterocycles. The zero-order valence-electron chi connectivity index (χ0n) is 12.0. The van der Waals surface area contributed by atoms with Crippen LogP contribution in [0.15, 0.2) is 46.3 Å². The Labute approximate surface area is 132 Å². The van der Waals surface area contributed by atoms with Gasteiger partial charge in [0.2, 0.25) is 5.89 Å². The van der Waals surface area contributed by atoms with Crippen LogP contribution in [0.4, 0.5) is 4.39 Å². The molecule has 0 unspecified atom stereocenters. The standard InChI is InChI=1S/C17H15FN2OS/c18-14-3-1-12(2-4-14)15-9-19-17(21-15)11-20-7-5-16-13(10-20)6-8-22-16/h1-4,6,8-9H,5,7,10-11H2. The summed E-state index contributed by atoms with van der Waals surface area (Å²) in [5.74, 6) is 1.14. The van der Waals surface area contributed by atoms with Gasteiger partial charge in [-0.2, -0.15) is 0 Å². The van der Waals surface area contributed by atoms with E-state index in [-0.39, 0.29) is 5.82 Å². The van der Waals surface area contributed by atoms with Crippen molar-refractivity contribution in [2.75, 3.05) is 6.54 Å². The van der Waals surface area contributed by atoms with Gasteiger partial charge < -0.3 is 4.42 Å². The normalized spacial score (nSPS) is 15.0. The summed E-state index contributed by atoms with van der Waals surface area (Å²) in [6, 6.07) is 8.47. The predicted molar refractivity (Wildman–Crippen MR) is 84.0 cm³/mol. The SMILES string of the molecule is Fc1ccc(-c2cnc(CN3CCc4sccc4C3)o2)cc1. The Morgan fingerprint density at radius 3 is 2.95 bits per heavy atom. The van der Waals surface area contributed by atoms with Crippen LogP contribution in [-0.2, 0) is 19.5 Å². The molecule has 0 spiro atoms. The highest BCUT2D eigenvalue weighted by atomic mass is 32.1. The maximum Gasteiger partial charge on any atom is 0.209 e. The van der Waals surface area contributed by atoms with Crippen LogP contribution in [0.5, 0.6) is 0 Å². The van der Waals surface area contributed by atoms with Crippen molar-refractivity contribution in [1.82, 2.24) is 9.88 Å². The van der Waals surface area contributed by atoms with Gasteiger partial charge in [0.25, 0.3) is 0 Å². The number of fused-ring (bicyclic) bond motifs is 1. The van der Waals surface area contributed by atoms with Crippen molar-refractivity contribution >= 4 is 11.3 Å². The van der Waals surface area contributed by atoms with Crippen LogP contribution in [0, 0.1) is 5.82 Å². The molecule has 5 heteroatoms. The molecule has 0 saturated carbocycles. The first kappa shape index (κ1) is 13.7. The van der Waals surface area contributed by atoms with Gasteiger partial charge in [-0.25, -0.2) is 9.37 Å². The van der Waals surface area contributed by atoms with Crippen LogP contribution in [0.2, 0.25) is 0 Å². The Morgan fingerprint density at radius 2 is 2.09 bits per heavy atom. The second kappa shape index (κ2) is 5.66.